The van der Waals surface area contributed by atoms with Crippen molar-refractivity contribution in [2.75, 3.05) is 6.54 Å². The molecule has 0 radical (unpaired) electrons. The molecule has 19 heavy (non-hydrogen) atoms. The highest BCUT2D eigenvalue weighted by Crippen LogP contribution is 2.35. The van der Waals surface area contributed by atoms with E-state index in [4.69, 9.17) is 0 Å². The predicted octanol–water partition coefficient (Wildman–Crippen LogP) is 2.35. The van der Waals surface area contributed by atoms with Gasteiger partial charge in [-0.3, -0.25) is 4.79 Å². The van der Waals surface area contributed by atoms with Gasteiger partial charge in [-0.05, 0) is 44.2 Å². The zero-order chi connectivity index (χ0) is 14.0. The molecule has 1 unspecified atom stereocenters. The first kappa shape index (κ1) is 14.1. The number of carbonyl (C=O) groups is 1. The molecule has 1 aromatic heterocycles. The molecule has 0 bridgehead atoms. The minimum absolute atomic E-state index is 0.0964. The molecule has 0 aromatic carbocycles. The number of nitrogens with zero attached hydrogens (tertiary/aromatic N) is 1. The first-order valence-electron chi connectivity index (χ1n) is 7.06. The van der Waals surface area contributed by atoms with Crippen LogP contribution in [0.5, 0.6) is 0 Å². The number of carbonyl (C=O) groups excluding carboxylic acids is 1. The maximum absolute atomic E-state index is 12.1. The van der Waals surface area contributed by atoms with Crippen molar-refractivity contribution in [3.05, 3.63) is 24.0 Å². The highest BCUT2D eigenvalue weighted by molar-refractivity contribution is 5.92. The van der Waals surface area contributed by atoms with Crippen molar-refractivity contribution in [3.8, 4) is 0 Å². The van der Waals surface area contributed by atoms with Gasteiger partial charge in [0.2, 0.25) is 0 Å². The largest absolute Gasteiger partial charge is 0.388 e. The van der Waals surface area contributed by atoms with Gasteiger partial charge in [0.15, 0.2) is 0 Å². The van der Waals surface area contributed by atoms with E-state index in [0.717, 1.165) is 12.8 Å². The third kappa shape index (κ3) is 3.83. The van der Waals surface area contributed by atoms with Crippen LogP contribution in [0.25, 0.3) is 0 Å². The van der Waals surface area contributed by atoms with E-state index in [-0.39, 0.29) is 5.91 Å². The third-order valence-electron chi connectivity index (χ3n) is 3.43. The summed E-state index contributed by atoms with van der Waals surface area (Å²) in [6.07, 6.45) is 4.94. The Bertz CT molecular complexity index is 445. The summed E-state index contributed by atoms with van der Waals surface area (Å²) in [6, 6.07) is 4.23. The van der Waals surface area contributed by atoms with Crippen LogP contribution in [0.2, 0.25) is 0 Å². The van der Waals surface area contributed by atoms with Crippen LogP contribution in [-0.2, 0) is 0 Å². The molecule has 1 fully saturated rings. The second kappa shape index (κ2) is 5.37. The topological polar surface area (TPSA) is 54.3 Å². The molecule has 2 rings (SSSR count). The Morgan fingerprint density at radius 2 is 2.26 bits per heavy atom. The molecule has 1 aliphatic carbocycles. The van der Waals surface area contributed by atoms with Gasteiger partial charge in [0.25, 0.3) is 5.91 Å². The van der Waals surface area contributed by atoms with Gasteiger partial charge in [0.1, 0.15) is 5.69 Å². The molecule has 1 amide bonds. The Morgan fingerprint density at radius 3 is 2.84 bits per heavy atom. The summed E-state index contributed by atoms with van der Waals surface area (Å²) in [4.78, 5) is 12.1. The van der Waals surface area contributed by atoms with Gasteiger partial charge in [-0.25, -0.2) is 0 Å². The van der Waals surface area contributed by atoms with Gasteiger partial charge in [0, 0.05) is 18.8 Å². The van der Waals surface area contributed by atoms with Crippen LogP contribution in [0.1, 0.15) is 56.6 Å². The van der Waals surface area contributed by atoms with Gasteiger partial charge in [0.05, 0.1) is 5.60 Å². The zero-order valence-electron chi connectivity index (χ0n) is 12.0. The molecule has 1 atom stereocenters. The van der Waals surface area contributed by atoms with E-state index in [2.05, 4.69) is 19.2 Å². The second-order valence-corrected chi connectivity index (χ2v) is 6.31. The fourth-order valence-corrected chi connectivity index (χ4v) is 2.57. The van der Waals surface area contributed by atoms with E-state index < -0.39 is 5.60 Å². The average molecular weight is 264 g/mol. The molecule has 0 spiro atoms. The van der Waals surface area contributed by atoms with Crippen molar-refractivity contribution < 1.29 is 9.90 Å². The summed E-state index contributed by atoms with van der Waals surface area (Å²) in [5.74, 6) is 0.308. The molecule has 4 nitrogen and oxygen atoms in total. The lowest BCUT2D eigenvalue weighted by atomic mass is 9.94. The number of hydrogen-bond acceptors (Lipinski definition) is 2. The SMILES string of the molecule is CC(C)CC(C)(O)CNC(=O)c1cccn1C1CC1. The molecule has 1 saturated carbocycles. The lowest BCUT2D eigenvalue weighted by molar-refractivity contribution is 0.0367. The van der Waals surface area contributed by atoms with Gasteiger partial charge in [-0.1, -0.05) is 13.8 Å². The van der Waals surface area contributed by atoms with Gasteiger partial charge >= 0.3 is 0 Å². The molecule has 1 aromatic rings. The number of hydrogen-bond donors (Lipinski definition) is 2. The standard InChI is InChI=1S/C15H24N2O2/c1-11(2)9-15(3,19)10-16-14(18)13-5-4-8-17(13)12-6-7-12/h4-5,8,11-12,19H,6-7,9-10H2,1-3H3,(H,16,18). The van der Waals surface area contributed by atoms with Crippen molar-refractivity contribution in [2.45, 2.75) is 51.7 Å². The van der Waals surface area contributed by atoms with Crippen LogP contribution in [0.15, 0.2) is 18.3 Å². The number of amides is 1. The summed E-state index contributed by atoms with van der Waals surface area (Å²) < 4.78 is 2.03. The normalized spacial score (nSPS) is 18.4. The number of aliphatic hydroxyl groups is 1. The average Bonchev–Trinajstić information content (AvgIpc) is 3.02. The van der Waals surface area contributed by atoms with Crippen molar-refractivity contribution in [1.29, 1.82) is 0 Å². The first-order valence-corrected chi connectivity index (χ1v) is 7.06. The van der Waals surface area contributed by atoms with Crippen molar-refractivity contribution in [3.63, 3.8) is 0 Å². The zero-order valence-corrected chi connectivity index (χ0v) is 12.0. The minimum atomic E-state index is -0.846. The van der Waals surface area contributed by atoms with Crippen LogP contribution < -0.4 is 5.32 Å². The van der Waals surface area contributed by atoms with Crippen LogP contribution >= 0.6 is 0 Å². The Morgan fingerprint density at radius 1 is 1.58 bits per heavy atom. The predicted molar refractivity (Wildman–Crippen MR) is 75.1 cm³/mol. The molecule has 0 saturated heterocycles. The molecular formula is C15H24N2O2. The number of nitrogens with one attached hydrogen (secondary N) is 1. The van der Waals surface area contributed by atoms with Crippen molar-refractivity contribution in [2.24, 2.45) is 5.92 Å². The fourth-order valence-electron chi connectivity index (χ4n) is 2.57. The maximum Gasteiger partial charge on any atom is 0.268 e. The second-order valence-electron chi connectivity index (χ2n) is 6.31. The Labute approximate surface area is 114 Å². The highest BCUT2D eigenvalue weighted by atomic mass is 16.3. The number of aromatic nitrogens is 1. The molecule has 4 heteroatoms. The molecule has 1 aliphatic rings. The Balaban J connectivity index is 1.92. The fraction of sp³-hybridized carbons (Fsp3) is 0.667. The molecule has 0 aliphatic heterocycles. The summed E-state index contributed by atoms with van der Waals surface area (Å²) in [5, 5.41) is 13.0. The third-order valence-corrected chi connectivity index (χ3v) is 3.43. The summed E-state index contributed by atoms with van der Waals surface area (Å²) in [7, 11) is 0. The van der Waals surface area contributed by atoms with Crippen LogP contribution in [0.3, 0.4) is 0 Å². The van der Waals surface area contributed by atoms with Gasteiger partial charge in [-0.2, -0.15) is 0 Å². The monoisotopic (exact) mass is 264 g/mol. The number of rotatable bonds is 6. The highest BCUT2D eigenvalue weighted by Gasteiger charge is 2.28. The Hall–Kier alpha value is -1.29. The van der Waals surface area contributed by atoms with E-state index in [0.29, 0.717) is 30.6 Å². The Kier molecular flexibility index (Phi) is 3.99. The van der Waals surface area contributed by atoms with E-state index >= 15 is 0 Å². The van der Waals surface area contributed by atoms with Crippen LogP contribution in [0, 0.1) is 5.92 Å². The smallest absolute Gasteiger partial charge is 0.268 e. The summed E-state index contributed by atoms with van der Waals surface area (Å²) in [5.41, 5.74) is -0.149. The van der Waals surface area contributed by atoms with E-state index in [1.807, 2.05) is 22.9 Å². The molecule has 2 N–H and O–H groups in total. The quantitative estimate of drug-likeness (QED) is 0.828. The van der Waals surface area contributed by atoms with E-state index in [1.165, 1.54) is 0 Å². The summed E-state index contributed by atoms with van der Waals surface area (Å²) >= 11 is 0. The maximum atomic E-state index is 12.1. The van der Waals surface area contributed by atoms with Crippen molar-refractivity contribution in [1.82, 2.24) is 9.88 Å². The van der Waals surface area contributed by atoms with E-state index in [1.54, 1.807) is 6.92 Å². The van der Waals surface area contributed by atoms with E-state index in [9.17, 15) is 9.90 Å². The van der Waals surface area contributed by atoms with Gasteiger partial charge < -0.3 is 15.0 Å². The summed E-state index contributed by atoms with van der Waals surface area (Å²) in [6.45, 7) is 6.19. The molecule has 106 valence electrons. The molecular weight excluding hydrogens is 240 g/mol. The molecule has 1 heterocycles. The minimum Gasteiger partial charge on any atom is -0.388 e. The lowest BCUT2D eigenvalue weighted by Gasteiger charge is -2.25. The van der Waals surface area contributed by atoms with Crippen LogP contribution in [-0.4, -0.2) is 27.7 Å². The lowest BCUT2D eigenvalue weighted by Crippen LogP contribution is -2.41. The van der Waals surface area contributed by atoms with Crippen LogP contribution in [0.4, 0.5) is 0 Å². The van der Waals surface area contributed by atoms with Gasteiger partial charge in [-0.15, -0.1) is 0 Å². The first-order chi connectivity index (χ1) is 8.89. The van der Waals surface area contributed by atoms with Crippen molar-refractivity contribution >= 4 is 5.91 Å².